The van der Waals surface area contributed by atoms with E-state index in [1.165, 1.54) is 36.8 Å². The maximum Gasteiger partial charge on any atom is 0.343 e. The Kier molecular flexibility index (Phi) is 13.5. The number of amides is 2. The summed E-state index contributed by atoms with van der Waals surface area (Å²) in [5, 5.41) is 49.8. The van der Waals surface area contributed by atoms with Gasteiger partial charge in [-0.1, -0.05) is 72.8 Å². The van der Waals surface area contributed by atoms with Crippen molar-refractivity contribution in [3.8, 4) is 23.0 Å². The highest BCUT2D eigenvalue weighted by Gasteiger charge is 2.75. The van der Waals surface area contributed by atoms with Gasteiger partial charge in [-0.25, -0.2) is 9.59 Å². The molecule has 2 saturated heterocycles. The van der Waals surface area contributed by atoms with Crippen molar-refractivity contribution in [3.63, 3.8) is 0 Å². The average Bonchev–Trinajstić information content (AvgIpc) is 1.66. The molecule has 4 bridgehead atoms. The van der Waals surface area contributed by atoms with Gasteiger partial charge in [0.1, 0.15) is 12.2 Å². The lowest BCUT2D eigenvalue weighted by atomic mass is 9.48. The molecule has 0 radical (unpaired) electrons. The van der Waals surface area contributed by atoms with Crippen LogP contribution in [0.15, 0.2) is 84.9 Å². The van der Waals surface area contributed by atoms with Crippen molar-refractivity contribution in [3.05, 3.63) is 118 Å². The Balaban J connectivity index is 0.711. The average molecular weight is 1120 g/mol. The van der Waals surface area contributed by atoms with E-state index in [1.54, 1.807) is 21.9 Å². The van der Waals surface area contributed by atoms with Crippen LogP contribution in [0.3, 0.4) is 0 Å². The number of aryl methyl sites for hydroxylation is 2. The third kappa shape index (κ3) is 8.48. The van der Waals surface area contributed by atoms with Gasteiger partial charge in [0.2, 0.25) is 11.8 Å². The molecule has 16 heteroatoms. The zero-order valence-corrected chi connectivity index (χ0v) is 47.3. The van der Waals surface area contributed by atoms with Crippen LogP contribution in [-0.4, -0.2) is 164 Å². The lowest BCUT2D eigenvalue weighted by Gasteiger charge is -2.64. The number of rotatable bonds is 19. The predicted octanol–water partition coefficient (Wildman–Crippen LogP) is 5.75. The Hall–Kier alpha value is -5.88. The first-order chi connectivity index (χ1) is 39.6. The van der Waals surface area contributed by atoms with E-state index in [0.717, 1.165) is 61.3 Å². The molecule has 6 unspecified atom stereocenters. The number of likely N-dealkylation sites (tertiary alicyclic amines) is 2. The number of aliphatic hydroxyl groups is 4. The summed E-state index contributed by atoms with van der Waals surface area (Å²) in [5.74, 6) is -0.958. The van der Waals surface area contributed by atoms with Crippen molar-refractivity contribution in [2.45, 2.75) is 186 Å². The number of likely N-dealkylation sites (N-methyl/N-ethyl adjacent to an activating group) is 2. The second-order valence-electron chi connectivity index (χ2n) is 26.2. The molecule has 14 rings (SSSR count). The standard InChI is InChI=1S/C66H78N4O12/c1-67(51(71)17-9-15-39-11-5-3-6-12-39)45-27-29-65(77)49-35-43-23-25-47(57-53(43)63(65,59(45)81-57)31-33-69(49)37-41-19-20-41)79-61(75)55(73)56(74)62(76)80-48-26-24-44-36-50-66(78)30-28-46(68(2)52(72)18-10-16-40-13-7-4-8-14-40)60-64(66,54(44)58(48)82-60)32-34-70(50)38-42-21-22-42/h3-8,11-14,23-26,41-42,45-46,49-50,55-56,59-60,73-74,77-78H,9-10,15-22,27-38H2,1-2H3/t45?,46?,49-,50-,55?,56?,59?,60?,63+,64+,65-,66-/m1/s1. The molecule has 434 valence electrons. The monoisotopic (exact) mass is 1120 g/mol. The number of nitrogens with zero attached hydrogens (tertiary/aromatic N) is 4. The fourth-order valence-electron chi connectivity index (χ4n) is 17.3. The highest BCUT2D eigenvalue weighted by atomic mass is 16.6. The van der Waals surface area contributed by atoms with Crippen LogP contribution < -0.4 is 18.9 Å². The number of carbonyl (C=O) groups is 4. The molecule has 2 spiro atoms. The van der Waals surface area contributed by atoms with Gasteiger partial charge in [0.15, 0.2) is 35.2 Å². The molecule has 10 aliphatic rings. The van der Waals surface area contributed by atoms with Crippen LogP contribution in [0.4, 0.5) is 0 Å². The Labute approximate surface area is 479 Å². The molecule has 4 N–H and O–H groups in total. The van der Waals surface area contributed by atoms with Crippen molar-refractivity contribution >= 4 is 23.8 Å². The number of piperidine rings is 2. The van der Waals surface area contributed by atoms with Gasteiger partial charge in [0, 0.05) is 63.2 Å². The fraction of sp³-hybridized carbons (Fsp3) is 0.576. The summed E-state index contributed by atoms with van der Waals surface area (Å²) in [6, 6.07) is 26.1. The first-order valence-corrected chi connectivity index (χ1v) is 30.6. The first kappa shape index (κ1) is 54.1. The minimum Gasteiger partial charge on any atom is -0.483 e. The van der Waals surface area contributed by atoms with Crippen molar-refractivity contribution in [2.24, 2.45) is 11.8 Å². The molecule has 4 aliphatic heterocycles. The van der Waals surface area contributed by atoms with Gasteiger partial charge in [-0.3, -0.25) is 19.4 Å². The second kappa shape index (κ2) is 20.4. The molecule has 82 heavy (non-hydrogen) atoms. The molecule has 6 fully saturated rings. The Bertz CT molecular complexity index is 2960. The highest BCUT2D eigenvalue weighted by molar-refractivity contribution is 5.88. The summed E-state index contributed by atoms with van der Waals surface area (Å²) in [4.78, 5) is 65.0. The van der Waals surface area contributed by atoms with Crippen molar-refractivity contribution in [1.82, 2.24) is 19.6 Å². The quantitative estimate of drug-likeness (QED) is 0.0654. The van der Waals surface area contributed by atoms with E-state index in [9.17, 15) is 39.6 Å². The molecule has 4 aromatic carbocycles. The van der Waals surface area contributed by atoms with E-state index in [4.69, 9.17) is 18.9 Å². The summed E-state index contributed by atoms with van der Waals surface area (Å²) in [7, 11) is 3.64. The molecule has 2 amide bonds. The third-order valence-corrected chi connectivity index (χ3v) is 21.8. The first-order valence-electron chi connectivity index (χ1n) is 30.6. The molecule has 4 heterocycles. The topological polar surface area (TPSA) is 199 Å². The molecular weight excluding hydrogens is 1040 g/mol. The minimum atomic E-state index is -2.39. The van der Waals surface area contributed by atoms with Gasteiger partial charge in [-0.05, 0) is 162 Å². The number of hydrogen-bond donors (Lipinski definition) is 4. The smallest absolute Gasteiger partial charge is 0.343 e. The fourth-order valence-corrected chi connectivity index (χ4v) is 17.3. The van der Waals surface area contributed by atoms with E-state index in [0.29, 0.717) is 88.9 Å². The molecular formula is C66H78N4O12. The number of hydrogen-bond acceptors (Lipinski definition) is 14. The van der Waals surface area contributed by atoms with Crippen molar-refractivity contribution in [1.29, 1.82) is 0 Å². The zero-order chi connectivity index (χ0) is 56.5. The van der Waals surface area contributed by atoms with Gasteiger partial charge >= 0.3 is 11.9 Å². The van der Waals surface area contributed by atoms with Gasteiger partial charge in [0.25, 0.3) is 0 Å². The normalized spacial score (nSPS) is 32.3. The molecule has 12 atom stereocenters. The maximum absolute atomic E-state index is 14.2. The van der Waals surface area contributed by atoms with Crippen LogP contribution in [0.25, 0.3) is 0 Å². The van der Waals surface area contributed by atoms with E-state index in [-0.39, 0.29) is 46.9 Å². The summed E-state index contributed by atoms with van der Waals surface area (Å²) >= 11 is 0. The number of aliphatic hydroxyl groups excluding tert-OH is 2. The predicted molar refractivity (Wildman–Crippen MR) is 301 cm³/mol. The third-order valence-electron chi connectivity index (χ3n) is 21.8. The Morgan fingerprint density at radius 3 is 1.37 bits per heavy atom. The van der Waals surface area contributed by atoms with E-state index < -0.39 is 70.5 Å². The lowest BCUT2D eigenvalue weighted by Crippen LogP contribution is -2.78. The Morgan fingerprint density at radius 1 is 0.573 bits per heavy atom. The molecule has 4 saturated carbocycles. The largest absolute Gasteiger partial charge is 0.483 e. The van der Waals surface area contributed by atoms with E-state index in [1.807, 2.05) is 62.6 Å². The van der Waals surface area contributed by atoms with Crippen molar-refractivity contribution in [2.75, 3.05) is 40.3 Å². The molecule has 16 nitrogen and oxygen atoms in total. The Morgan fingerprint density at radius 2 is 0.976 bits per heavy atom. The number of ether oxygens (including phenoxy) is 4. The van der Waals surface area contributed by atoms with Crippen LogP contribution >= 0.6 is 0 Å². The van der Waals surface area contributed by atoms with Crippen LogP contribution in [0.5, 0.6) is 23.0 Å². The number of carbonyl (C=O) groups excluding carboxylic acids is 4. The zero-order valence-electron chi connectivity index (χ0n) is 47.3. The molecule has 0 aromatic heterocycles. The summed E-state index contributed by atoms with van der Waals surface area (Å²) in [5.41, 5.74) is 1.51. The van der Waals surface area contributed by atoms with Crippen LogP contribution in [-0.2, 0) is 55.7 Å². The van der Waals surface area contributed by atoms with Gasteiger partial charge in [-0.15, -0.1) is 0 Å². The number of esters is 2. The van der Waals surface area contributed by atoms with Gasteiger partial charge in [0.05, 0.1) is 34.1 Å². The maximum atomic E-state index is 14.2. The molecule has 4 aromatic rings. The van der Waals surface area contributed by atoms with Crippen molar-refractivity contribution < 1.29 is 58.6 Å². The van der Waals surface area contributed by atoms with E-state index >= 15 is 0 Å². The SMILES string of the molecule is CN(C(=O)CCCc1ccccc1)C1CC[C@@]2(O)[C@H]3Cc4ccc(OC(=O)C(O)C(O)C(=O)Oc5ccc6c7c5OC5C(N(C)C(=O)CCCc8ccccc8)CC[C@@]8(O)[C@@H](C6)N(CC6CC6)CC[C@]758)c5c4[C@@]2(CCN3CC2CC2)C1O5. The minimum absolute atomic E-state index is 0.0147. The lowest BCUT2D eigenvalue weighted by molar-refractivity contribution is -0.200. The van der Waals surface area contributed by atoms with Crippen LogP contribution in [0, 0.1) is 11.8 Å². The summed E-state index contributed by atoms with van der Waals surface area (Å²) in [6.45, 7) is 3.29. The summed E-state index contributed by atoms with van der Waals surface area (Å²) in [6.07, 6.45) is 6.34. The van der Waals surface area contributed by atoms with Gasteiger partial charge < -0.3 is 49.2 Å². The van der Waals surface area contributed by atoms with Crippen LogP contribution in [0.1, 0.15) is 123 Å². The number of benzene rings is 4. The second-order valence-corrected chi connectivity index (χ2v) is 26.2. The van der Waals surface area contributed by atoms with Gasteiger partial charge in [-0.2, -0.15) is 0 Å². The molecule has 6 aliphatic carbocycles. The highest BCUT2D eigenvalue weighted by Crippen LogP contribution is 2.68. The van der Waals surface area contributed by atoms with E-state index in [2.05, 4.69) is 34.1 Å². The van der Waals surface area contributed by atoms with Crippen LogP contribution in [0.2, 0.25) is 0 Å². The summed E-state index contributed by atoms with van der Waals surface area (Å²) < 4.78 is 26.0.